The van der Waals surface area contributed by atoms with Crippen LogP contribution in [0.5, 0.6) is 0 Å². The summed E-state index contributed by atoms with van der Waals surface area (Å²) in [6, 6.07) is 18.8. The minimum atomic E-state index is 0. The molecule has 0 heterocycles. The molecule has 0 aromatic heterocycles. The Bertz CT molecular complexity index is 445. The molecule has 0 unspecified atom stereocenters. The van der Waals surface area contributed by atoms with E-state index in [1.807, 2.05) is 18.2 Å². The molecule has 0 amide bonds. The monoisotopic (exact) mass is 714 g/mol. The quantitative estimate of drug-likeness (QED) is 0.397. The Labute approximate surface area is 274 Å². The van der Waals surface area contributed by atoms with Gasteiger partial charge in [-0.05, 0) is 0 Å². The largest absolute Gasteiger partial charge is 0.226 e. The summed E-state index contributed by atoms with van der Waals surface area (Å²) < 4.78 is 0. The van der Waals surface area contributed by atoms with Gasteiger partial charge in [0.05, 0.1) is 0 Å². The third kappa shape index (κ3) is 12.4. The predicted octanol–water partition coefficient (Wildman–Crippen LogP) is 3.56. The molecule has 0 bridgehead atoms. The van der Waals surface area contributed by atoms with Crippen molar-refractivity contribution in [2.45, 2.75) is 13.8 Å². The van der Waals surface area contributed by atoms with Crippen LogP contribution >= 0.6 is 0 Å². The molecule has 0 N–H and O–H groups in total. The van der Waals surface area contributed by atoms with Crippen LogP contribution in [0.15, 0.2) is 36.4 Å². The van der Waals surface area contributed by atoms with Gasteiger partial charge in [-0.25, -0.2) is 11.1 Å². The molecule has 0 nitrogen and oxygen atoms in total. The van der Waals surface area contributed by atoms with E-state index in [0.29, 0.717) is 0 Å². The van der Waals surface area contributed by atoms with Crippen molar-refractivity contribution in [3.63, 3.8) is 0 Å². The molecule has 0 saturated carbocycles. The van der Waals surface area contributed by atoms with E-state index in [0.717, 1.165) is 11.1 Å². The SMILES string of the molecule is Cc1[c-]c(-c2[c-]cccc2)c(C)cc1.[Y].[Y].[Y].[Y].[Y].[Y]. The van der Waals surface area contributed by atoms with Crippen molar-refractivity contribution >= 4 is 0 Å². The summed E-state index contributed by atoms with van der Waals surface area (Å²) in [5.74, 6) is 0. The Balaban J connectivity index is -0.000000125. The second-order valence-electron chi connectivity index (χ2n) is 3.48. The van der Waals surface area contributed by atoms with Crippen molar-refractivity contribution in [3.8, 4) is 11.1 Å². The summed E-state index contributed by atoms with van der Waals surface area (Å²) in [5, 5.41) is 0. The van der Waals surface area contributed by atoms with Crippen molar-refractivity contribution in [2.75, 3.05) is 0 Å². The van der Waals surface area contributed by atoms with Gasteiger partial charge < -0.3 is 0 Å². The van der Waals surface area contributed by atoms with Gasteiger partial charge >= 0.3 is 0 Å². The van der Waals surface area contributed by atoms with Gasteiger partial charge in [0.2, 0.25) is 0 Å². The Morgan fingerprint density at radius 2 is 1.35 bits per heavy atom. The van der Waals surface area contributed by atoms with E-state index in [2.05, 4.69) is 44.2 Å². The summed E-state index contributed by atoms with van der Waals surface area (Å²) in [7, 11) is 0. The zero-order valence-electron chi connectivity index (χ0n) is 11.9. The van der Waals surface area contributed by atoms with Crippen LogP contribution in [0.25, 0.3) is 11.1 Å². The standard InChI is InChI=1S/C14H12.6Y/c1-11-8-9-12(2)14(10-11)13-6-4-3-5-7-13;;;;;;/h3-6,8-9H,1-2H3;;;;;;/q-2;;;;;;. The molecule has 0 aliphatic carbocycles. The maximum Gasteiger partial charge on any atom is 0 e. The van der Waals surface area contributed by atoms with Crippen molar-refractivity contribution in [1.29, 1.82) is 0 Å². The van der Waals surface area contributed by atoms with Crippen LogP contribution in [0.3, 0.4) is 0 Å². The molecule has 6 heteroatoms. The van der Waals surface area contributed by atoms with Crippen LogP contribution in [-0.2, 0) is 196 Å². The molecule has 88 valence electrons. The van der Waals surface area contributed by atoms with E-state index in [1.54, 1.807) is 0 Å². The summed E-state index contributed by atoms with van der Waals surface area (Å²) >= 11 is 0. The number of aryl methyl sites for hydroxylation is 2. The number of hydrogen-bond donors (Lipinski definition) is 0. The third-order valence-corrected chi connectivity index (χ3v) is 2.28. The van der Waals surface area contributed by atoms with Gasteiger partial charge in [0, 0.05) is 196 Å². The first-order valence-corrected chi connectivity index (χ1v) is 4.74. The van der Waals surface area contributed by atoms with Crippen LogP contribution in [0.4, 0.5) is 0 Å². The average molecular weight is 714 g/mol. The fourth-order valence-electron chi connectivity index (χ4n) is 1.50. The van der Waals surface area contributed by atoms with Crippen LogP contribution in [0.2, 0.25) is 0 Å². The fourth-order valence-corrected chi connectivity index (χ4v) is 1.50. The third-order valence-electron chi connectivity index (χ3n) is 2.28. The summed E-state index contributed by atoms with van der Waals surface area (Å²) in [5.41, 5.74) is 4.69. The van der Waals surface area contributed by atoms with Crippen molar-refractivity contribution in [2.24, 2.45) is 0 Å². The molecule has 0 fully saturated rings. The first-order chi connectivity index (χ1) is 6.77. The molecule has 0 aliphatic heterocycles. The molecule has 6 radical (unpaired) electrons. The minimum Gasteiger partial charge on any atom is -0.226 e. The average Bonchev–Trinajstić information content (AvgIpc) is 2.23. The summed E-state index contributed by atoms with van der Waals surface area (Å²) in [6.45, 7) is 4.16. The molecular weight excluding hydrogens is 702 g/mol. The Morgan fingerprint density at radius 3 is 1.85 bits per heavy atom. The van der Waals surface area contributed by atoms with Crippen LogP contribution in [0.1, 0.15) is 11.1 Å². The topological polar surface area (TPSA) is 0 Å². The van der Waals surface area contributed by atoms with E-state index in [1.165, 1.54) is 11.1 Å². The first kappa shape index (κ1) is 36.1. The Morgan fingerprint density at radius 1 is 0.750 bits per heavy atom. The zero-order valence-corrected chi connectivity index (χ0v) is 29.0. The van der Waals surface area contributed by atoms with Crippen LogP contribution < -0.4 is 0 Å². The second-order valence-corrected chi connectivity index (χ2v) is 3.48. The van der Waals surface area contributed by atoms with E-state index < -0.39 is 0 Å². The van der Waals surface area contributed by atoms with E-state index in [-0.39, 0.29) is 196 Å². The molecule has 0 spiro atoms. The second kappa shape index (κ2) is 20.4. The van der Waals surface area contributed by atoms with Crippen molar-refractivity contribution < 1.29 is 196 Å². The molecule has 0 atom stereocenters. The van der Waals surface area contributed by atoms with Gasteiger partial charge in [0.25, 0.3) is 0 Å². The molecule has 20 heavy (non-hydrogen) atoms. The fraction of sp³-hybridized carbons (Fsp3) is 0.143. The Kier molecular flexibility index (Phi) is 36.7. The number of benzene rings is 2. The molecule has 0 saturated heterocycles. The van der Waals surface area contributed by atoms with Gasteiger partial charge in [-0.3, -0.25) is 0 Å². The van der Waals surface area contributed by atoms with E-state index >= 15 is 0 Å². The molecule has 2 aromatic rings. The normalized spacial score (nSPS) is 7.10. The zero-order chi connectivity index (χ0) is 9.97. The predicted molar refractivity (Wildman–Crippen MR) is 59.0 cm³/mol. The van der Waals surface area contributed by atoms with Crippen LogP contribution in [0, 0.1) is 26.0 Å². The minimum absolute atomic E-state index is 0. The van der Waals surface area contributed by atoms with Gasteiger partial charge in [0.15, 0.2) is 0 Å². The van der Waals surface area contributed by atoms with Gasteiger partial charge in [-0.15, -0.1) is 17.7 Å². The van der Waals surface area contributed by atoms with E-state index in [9.17, 15) is 0 Å². The number of hydrogen-bond acceptors (Lipinski definition) is 0. The van der Waals surface area contributed by atoms with Crippen molar-refractivity contribution in [3.05, 3.63) is 59.7 Å². The van der Waals surface area contributed by atoms with Gasteiger partial charge in [-0.1, -0.05) is 13.8 Å². The molecule has 0 aliphatic rings. The smallest absolute Gasteiger partial charge is 0 e. The maximum atomic E-state index is 3.36. The summed E-state index contributed by atoms with van der Waals surface area (Å²) in [4.78, 5) is 0. The van der Waals surface area contributed by atoms with Gasteiger partial charge in [0.1, 0.15) is 0 Å². The van der Waals surface area contributed by atoms with Crippen molar-refractivity contribution in [1.82, 2.24) is 0 Å². The molecular formula is C14H12Y6-2. The van der Waals surface area contributed by atoms with Gasteiger partial charge in [-0.2, -0.15) is 42.0 Å². The maximum absolute atomic E-state index is 3.36. The summed E-state index contributed by atoms with van der Waals surface area (Å²) in [6.07, 6.45) is 0. The van der Waals surface area contributed by atoms with E-state index in [4.69, 9.17) is 0 Å². The van der Waals surface area contributed by atoms with Crippen LogP contribution in [-0.4, -0.2) is 0 Å². The number of rotatable bonds is 1. The molecule has 2 rings (SSSR count). The first-order valence-electron chi connectivity index (χ1n) is 4.74. The molecule has 2 aromatic carbocycles. The Hall–Kier alpha value is 5.06.